The third-order valence-electron chi connectivity index (χ3n) is 3.17. The fraction of sp³-hybridized carbons (Fsp3) is 0.556. The first-order valence-electron chi connectivity index (χ1n) is 5.82. The van der Waals surface area contributed by atoms with Crippen LogP contribution < -0.4 is 11.4 Å². The Bertz CT molecular complexity index is 682. The maximum Gasteiger partial charge on any atom is 0.472 e. The molecule has 3 unspecified atom stereocenters. The number of phosphoric ester groups is 1. The lowest BCUT2D eigenvalue weighted by molar-refractivity contribution is -0.0685. The second-order valence-electron chi connectivity index (χ2n) is 4.55. The van der Waals surface area contributed by atoms with Crippen LogP contribution in [0.25, 0.3) is 0 Å². The number of aromatic nitrogens is 2. The largest absolute Gasteiger partial charge is 0.472 e. The molecule has 0 aromatic carbocycles. The summed E-state index contributed by atoms with van der Waals surface area (Å²) in [5.74, 6) is 0.000552. The molecular weight excluding hydrogens is 373 g/mol. The van der Waals surface area contributed by atoms with Crippen molar-refractivity contribution in [1.29, 1.82) is 0 Å². The molecule has 116 valence electrons. The highest BCUT2D eigenvalue weighted by molar-refractivity contribution is 9.10. The Kier molecular flexibility index (Phi) is 3.69. The molecule has 0 aliphatic carbocycles. The van der Waals surface area contributed by atoms with E-state index in [9.17, 15) is 19.4 Å². The molecule has 2 fully saturated rings. The van der Waals surface area contributed by atoms with Crippen molar-refractivity contribution in [2.24, 2.45) is 0 Å². The van der Waals surface area contributed by atoms with Gasteiger partial charge in [-0.3, -0.25) is 13.6 Å². The molecule has 0 radical (unpaired) electrons. The summed E-state index contributed by atoms with van der Waals surface area (Å²) in [5.41, 5.74) is 4.76. The van der Waals surface area contributed by atoms with Crippen molar-refractivity contribution in [3.63, 3.8) is 0 Å². The average Bonchev–Trinajstić information content (AvgIpc) is 2.70. The topological polar surface area (TPSA) is 146 Å². The lowest BCUT2D eigenvalue weighted by atomic mass is 10.1. The Morgan fingerprint density at radius 2 is 2.29 bits per heavy atom. The number of nitrogen functional groups attached to an aromatic ring is 1. The number of nitrogens with two attached hydrogens (primary N) is 1. The van der Waals surface area contributed by atoms with Crippen LogP contribution in [0.3, 0.4) is 0 Å². The minimum Gasteiger partial charge on any atom is -0.386 e. The zero-order valence-corrected chi connectivity index (χ0v) is 12.8. The number of aliphatic hydroxyl groups is 1. The predicted molar refractivity (Wildman–Crippen MR) is 71.2 cm³/mol. The van der Waals surface area contributed by atoms with Crippen molar-refractivity contribution in [3.8, 4) is 0 Å². The number of halogens is 1. The van der Waals surface area contributed by atoms with E-state index in [1.807, 2.05) is 0 Å². The molecule has 3 rings (SSSR count). The number of phosphoric acid groups is 1. The van der Waals surface area contributed by atoms with Gasteiger partial charge in [-0.25, -0.2) is 9.36 Å². The maximum atomic E-state index is 11.8. The van der Waals surface area contributed by atoms with Crippen LogP contribution >= 0.6 is 23.8 Å². The van der Waals surface area contributed by atoms with E-state index < -0.39 is 38.1 Å². The second-order valence-corrected chi connectivity index (χ2v) is 6.81. The Labute approximate surface area is 126 Å². The molecule has 3 heterocycles. The van der Waals surface area contributed by atoms with Crippen LogP contribution in [0.5, 0.6) is 0 Å². The molecule has 0 spiro atoms. The van der Waals surface area contributed by atoms with E-state index in [2.05, 4.69) is 25.4 Å². The van der Waals surface area contributed by atoms with E-state index in [0.29, 0.717) is 4.47 Å². The molecule has 0 bridgehead atoms. The van der Waals surface area contributed by atoms with E-state index in [4.69, 9.17) is 15.0 Å². The quantitative estimate of drug-likeness (QED) is 0.538. The summed E-state index contributed by atoms with van der Waals surface area (Å²) in [6.45, 7) is -0.232. The fourth-order valence-corrected chi connectivity index (χ4v) is 3.48. The van der Waals surface area contributed by atoms with Crippen LogP contribution in [-0.4, -0.2) is 44.5 Å². The number of aliphatic hydroxyl groups excluding tert-OH is 1. The van der Waals surface area contributed by atoms with Gasteiger partial charge in [0.05, 0.1) is 11.1 Å². The van der Waals surface area contributed by atoms with Crippen LogP contribution in [0.4, 0.5) is 5.82 Å². The van der Waals surface area contributed by atoms with Crippen molar-refractivity contribution in [1.82, 2.24) is 9.55 Å². The van der Waals surface area contributed by atoms with Gasteiger partial charge in [0.25, 0.3) is 0 Å². The summed E-state index contributed by atoms with van der Waals surface area (Å²) in [6.07, 6.45) is -3.01. The fourth-order valence-electron chi connectivity index (χ4n) is 2.21. The normalized spacial score (nSPS) is 39.2. The van der Waals surface area contributed by atoms with E-state index in [0.717, 1.165) is 4.57 Å². The average molecular weight is 384 g/mol. The lowest BCUT2D eigenvalue weighted by Gasteiger charge is -2.27. The summed E-state index contributed by atoms with van der Waals surface area (Å²) in [5, 5.41) is 10.2. The van der Waals surface area contributed by atoms with Crippen molar-refractivity contribution in [3.05, 3.63) is 21.2 Å². The van der Waals surface area contributed by atoms with E-state index in [1.165, 1.54) is 6.20 Å². The molecule has 2 aliphatic heterocycles. The highest BCUT2D eigenvalue weighted by Crippen LogP contribution is 2.52. The molecule has 12 heteroatoms. The summed E-state index contributed by atoms with van der Waals surface area (Å²) in [7, 11) is -4.21. The van der Waals surface area contributed by atoms with Gasteiger partial charge in [-0.2, -0.15) is 4.98 Å². The monoisotopic (exact) mass is 383 g/mol. The zero-order valence-electron chi connectivity index (χ0n) is 10.3. The summed E-state index contributed by atoms with van der Waals surface area (Å²) < 4.78 is 27.6. The molecule has 2 saturated heterocycles. The van der Waals surface area contributed by atoms with Crippen molar-refractivity contribution in [2.75, 3.05) is 12.3 Å². The third kappa shape index (κ3) is 2.66. The predicted octanol–water partition coefficient (Wildman–Crippen LogP) is -0.638. The minimum atomic E-state index is -4.21. The zero-order chi connectivity index (χ0) is 15.4. The van der Waals surface area contributed by atoms with Crippen LogP contribution in [0, 0.1) is 0 Å². The van der Waals surface area contributed by atoms with Crippen LogP contribution in [-0.2, 0) is 18.3 Å². The number of fused-ring (bicyclic) bond motifs is 1. The van der Waals surface area contributed by atoms with Gasteiger partial charge < -0.3 is 20.5 Å². The van der Waals surface area contributed by atoms with Crippen LogP contribution in [0.2, 0.25) is 0 Å². The van der Waals surface area contributed by atoms with Gasteiger partial charge in [0.1, 0.15) is 24.1 Å². The van der Waals surface area contributed by atoms with E-state index in [1.54, 1.807) is 0 Å². The molecule has 0 amide bonds. The van der Waals surface area contributed by atoms with Gasteiger partial charge in [-0.05, 0) is 15.9 Å². The summed E-state index contributed by atoms with van der Waals surface area (Å²) in [4.78, 5) is 24.7. The summed E-state index contributed by atoms with van der Waals surface area (Å²) in [6, 6.07) is 0. The number of nitrogens with zero attached hydrogens (tertiary/aromatic N) is 2. The minimum absolute atomic E-state index is 0.000552. The molecule has 1 aromatic heterocycles. The maximum absolute atomic E-state index is 11.8. The molecule has 2 aliphatic rings. The SMILES string of the molecule is Nc1nc(=O)n([C@@H]2OC3COP(=O)(O)OC3[C@H]2O)cc1Br. The van der Waals surface area contributed by atoms with Crippen molar-refractivity contribution in [2.45, 2.75) is 24.5 Å². The summed E-state index contributed by atoms with van der Waals surface area (Å²) >= 11 is 3.12. The van der Waals surface area contributed by atoms with Gasteiger partial charge in [-0.1, -0.05) is 0 Å². The van der Waals surface area contributed by atoms with Crippen molar-refractivity contribution >= 4 is 29.6 Å². The first-order valence-corrected chi connectivity index (χ1v) is 8.11. The molecule has 10 nitrogen and oxygen atoms in total. The lowest BCUT2D eigenvalue weighted by Crippen LogP contribution is -2.40. The number of hydrogen-bond donors (Lipinski definition) is 3. The second kappa shape index (κ2) is 5.13. The first kappa shape index (κ1) is 15.1. The standard InChI is InChI=1S/C9H11BrN3O7P/c10-3-1-13(9(15)12-7(3)11)8-5(14)6-4(19-8)2-18-21(16,17)20-6/h1,4-6,8,14H,2H2,(H,16,17)(H2,11,12,15)/t4?,5-,6?,8-/m1/s1. The molecule has 1 aromatic rings. The van der Waals surface area contributed by atoms with Gasteiger partial charge in [0, 0.05) is 6.20 Å². The highest BCUT2D eigenvalue weighted by atomic mass is 79.9. The van der Waals surface area contributed by atoms with Crippen LogP contribution in [0.15, 0.2) is 15.5 Å². The number of ether oxygens (including phenoxy) is 1. The molecular formula is C9H11BrN3O7P. The Morgan fingerprint density at radius 3 is 3.00 bits per heavy atom. The Hall–Kier alpha value is -0.810. The van der Waals surface area contributed by atoms with Gasteiger partial charge >= 0.3 is 13.5 Å². The highest BCUT2D eigenvalue weighted by Gasteiger charge is 2.52. The van der Waals surface area contributed by atoms with E-state index >= 15 is 0 Å². The van der Waals surface area contributed by atoms with Crippen LogP contribution in [0.1, 0.15) is 6.23 Å². The van der Waals surface area contributed by atoms with Gasteiger partial charge in [0.2, 0.25) is 0 Å². The number of anilines is 1. The number of hydrogen-bond acceptors (Lipinski definition) is 8. The molecule has 21 heavy (non-hydrogen) atoms. The first-order chi connectivity index (χ1) is 9.78. The van der Waals surface area contributed by atoms with E-state index in [-0.39, 0.29) is 12.4 Å². The molecule has 5 atom stereocenters. The molecule has 4 N–H and O–H groups in total. The Balaban J connectivity index is 1.94. The smallest absolute Gasteiger partial charge is 0.386 e. The Morgan fingerprint density at radius 1 is 1.57 bits per heavy atom. The van der Waals surface area contributed by atoms with Gasteiger partial charge in [0.15, 0.2) is 6.23 Å². The molecule has 0 saturated carbocycles. The number of rotatable bonds is 1. The third-order valence-corrected chi connectivity index (χ3v) is 4.77. The van der Waals surface area contributed by atoms with Gasteiger partial charge in [-0.15, -0.1) is 0 Å². The van der Waals surface area contributed by atoms with Crippen molar-refractivity contribution < 1.29 is 28.3 Å².